The van der Waals surface area contributed by atoms with Gasteiger partial charge in [0.15, 0.2) is 8.24 Å². The maximum Gasteiger partial charge on any atom is 0.410 e. The van der Waals surface area contributed by atoms with E-state index in [1.807, 2.05) is 58.0 Å². The fourth-order valence-electron chi connectivity index (χ4n) is 7.17. The largest absolute Gasteiger partial charge is 0.444 e. The number of fused-ring (bicyclic) bond motifs is 3. The van der Waals surface area contributed by atoms with E-state index in [-0.39, 0.29) is 12.1 Å². The van der Waals surface area contributed by atoms with Gasteiger partial charge in [0.05, 0.1) is 11.9 Å². The molecule has 1 atom stereocenters. The van der Waals surface area contributed by atoms with E-state index in [4.69, 9.17) is 9.72 Å². The average molecular weight is 564 g/mol. The highest BCUT2D eigenvalue weighted by atomic mass is 28.3. The first-order valence-corrected chi connectivity index (χ1v) is 17.0. The molecule has 1 amide bonds. The Hall–Kier alpha value is -2.87. The van der Waals surface area contributed by atoms with E-state index in [9.17, 15) is 4.79 Å². The Kier molecular flexibility index (Phi) is 8.42. The van der Waals surface area contributed by atoms with Crippen LogP contribution in [0.25, 0.3) is 11.0 Å². The van der Waals surface area contributed by atoms with Crippen molar-refractivity contribution in [2.24, 2.45) is 0 Å². The summed E-state index contributed by atoms with van der Waals surface area (Å²) in [7, 11) is -0.228. The van der Waals surface area contributed by atoms with Crippen molar-refractivity contribution in [3.63, 3.8) is 0 Å². The van der Waals surface area contributed by atoms with E-state index < -0.39 is 13.8 Å². The van der Waals surface area contributed by atoms with Crippen LogP contribution in [0.4, 0.5) is 16.3 Å². The van der Waals surface area contributed by atoms with Crippen molar-refractivity contribution >= 4 is 36.9 Å². The molecule has 0 radical (unpaired) electrons. The van der Waals surface area contributed by atoms with Gasteiger partial charge in [0.1, 0.15) is 17.1 Å². The van der Waals surface area contributed by atoms with Gasteiger partial charge in [0, 0.05) is 29.9 Å². The second-order valence-electron chi connectivity index (χ2n) is 13.5. The van der Waals surface area contributed by atoms with Crippen LogP contribution in [0, 0.1) is 6.92 Å². The summed E-state index contributed by atoms with van der Waals surface area (Å²) in [6.45, 7) is 22.2. The predicted molar refractivity (Wildman–Crippen MR) is 168 cm³/mol. The van der Waals surface area contributed by atoms with Gasteiger partial charge in [-0.15, -0.1) is 0 Å². The molecule has 7 nitrogen and oxygen atoms in total. The first-order valence-electron chi connectivity index (χ1n) is 14.9. The number of carbonyl (C=O) groups excluding carboxylic acids is 1. The van der Waals surface area contributed by atoms with Gasteiger partial charge in [-0.05, 0) is 93.4 Å². The number of nitrogens with zero attached hydrogens (tertiary/aromatic N) is 4. The molecular weight excluding hydrogens is 514 g/mol. The van der Waals surface area contributed by atoms with Crippen LogP contribution in [0.3, 0.4) is 0 Å². The van der Waals surface area contributed by atoms with Gasteiger partial charge in [-0.25, -0.2) is 9.78 Å². The number of likely N-dealkylation sites (N-methyl/N-ethyl adjacent to an activating group) is 1. The number of carbonyl (C=O) groups is 1. The lowest BCUT2D eigenvalue weighted by Gasteiger charge is -2.46. The number of rotatable bonds is 7. The van der Waals surface area contributed by atoms with E-state index in [0.717, 1.165) is 42.1 Å². The van der Waals surface area contributed by atoms with E-state index in [0.29, 0.717) is 16.6 Å². The molecule has 0 aromatic carbocycles. The summed E-state index contributed by atoms with van der Waals surface area (Å²) in [6.07, 6.45) is 4.25. The summed E-state index contributed by atoms with van der Waals surface area (Å²) in [5.74, 6) is 0.829. The third-order valence-corrected chi connectivity index (χ3v) is 15.6. The molecule has 4 rings (SSSR count). The molecule has 0 saturated carbocycles. The number of amides is 1. The number of hydrogen-bond donors (Lipinski definition) is 1. The highest BCUT2D eigenvalue weighted by molar-refractivity contribution is 6.82. The minimum Gasteiger partial charge on any atom is -0.444 e. The highest BCUT2D eigenvalue weighted by Crippen LogP contribution is 2.47. The molecule has 3 aromatic rings. The summed E-state index contributed by atoms with van der Waals surface area (Å²) in [5.41, 5.74) is 6.86. The molecule has 3 aromatic heterocycles. The van der Waals surface area contributed by atoms with Crippen LogP contribution in [-0.4, -0.2) is 52.1 Å². The zero-order valence-corrected chi connectivity index (χ0v) is 27.4. The van der Waals surface area contributed by atoms with Gasteiger partial charge in [0.2, 0.25) is 0 Å². The standard InChI is InChI=1S/C32H49N5O2Si/c1-20(2)40(21(3)4,22(5)6)37-28-16-14-25(36(11)31(38)39-32(8,9)10)18-27(28)26-15-17-29(35-30(26)37)34-24-13-12-23(7)33-19-24/h12-13,15,17,19-22,25H,14,16,18H2,1-11H3,(H,34,35). The highest BCUT2D eigenvalue weighted by Gasteiger charge is 2.48. The lowest BCUT2D eigenvalue weighted by Crippen LogP contribution is -2.53. The van der Waals surface area contributed by atoms with Gasteiger partial charge in [0.25, 0.3) is 0 Å². The molecule has 0 aliphatic heterocycles. The monoisotopic (exact) mass is 563 g/mol. The molecule has 1 aliphatic rings. The molecule has 0 fully saturated rings. The van der Waals surface area contributed by atoms with Crippen molar-refractivity contribution < 1.29 is 9.53 Å². The smallest absolute Gasteiger partial charge is 0.410 e. The Bertz CT molecular complexity index is 1330. The van der Waals surface area contributed by atoms with E-state index in [1.165, 1.54) is 16.6 Å². The van der Waals surface area contributed by atoms with Crippen LogP contribution in [0.1, 0.15) is 85.7 Å². The number of pyridine rings is 2. The van der Waals surface area contributed by atoms with E-state index in [2.05, 4.69) is 68.2 Å². The first kappa shape index (κ1) is 30.1. The number of ether oxygens (including phenoxy) is 1. The minimum absolute atomic E-state index is 0.0889. The van der Waals surface area contributed by atoms with Crippen molar-refractivity contribution in [3.05, 3.63) is 47.4 Å². The van der Waals surface area contributed by atoms with Crippen LogP contribution in [0.5, 0.6) is 0 Å². The molecule has 0 bridgehead atoms. The number of nitrogens with one attached hydrogen (secondary N) is 1. The van der Waals surface area contributed by atoms with Crippen LogP contribution < -0.4 is 5.32 Å². The molecule has 3 heterocycles. The normalized spacial score (nSPS) is 16.1. The van der Waals surface area contributed by atoms with Crippen molar-refractivity contribution in [3.8, 4) is 0 Å². The zero-order valence-electron chi connectivity index (χ0n) is 26.4. The maximum absolute atomic E-state index is 13.0. The molecule has 1 N–H and O–H groups in total. The third kappa shape index (κ3) is 5.52. The average Bonchev–Trinajstić information content (AvgIpc) is 3.17. The summed E-state index contributed by atoms with van der Waals surface area (Å²) >= 11 is 0. The van der Waals surface area contributed by atoms with Crippen LogP contribution in [0.15, 0.2) is 30.5 Å². The number of aryl methyl sites for hydroxylation is 1. The summed E-state index contributed by atoms with van der Waals surface area (Å²) in [4.78, 5) is 24.6. The van der Waals surface area contributed by atoms with Crippen LogP contribution in [-0.2, 0) is 17.6 Å². The lowest BCUT2D eigenvalue weighted by molar-refractivity contribution is 0.0210. The summed E-state index contributed by atoms with van der Waals surface area (Å²) in [6, 6.07) is 8.46. The Balaban J connectivity index is 1.87. The molecular formula is C32H49N5O2Si. The fraction of sp³-hybridized carbons (Fsp3) is 0.594. The van der Waals surface area contributed by atoms with Crippen molar-refractivity contribution in [1.29, 1.82) is 0 Å². The molecule has 1 aliphatic carbocycles. The molecule has 8 heteroatoms. The van der Waals surface area contributed by atoms with Gasteiger partial charge in [-0.3, -0.25) is 4.98 Å². The zero-order chi connectivity index (χ0) is 29.6. The lowest BCUT2D eigenvalue weighted by atomic mass is 9.91. The van der Waals surface area contributed by atoms with E-state index in [1.54, 1.807) is 0 Å². The third-order valence-electron chi connectivity index (χ3n) is 8.76. The first-order chi connectivity index (χ1) is 18.7. The van der Waals surface area contributed by atoms with Gasteiger partial charge in [-0.2, -0.15) is 0 Å². The second-order valence-corrected chi connectivity index (χ2v) is 19.2. The van der Waals surface area contributed by atoms with Gasteiger partial charge >= 0.3 is 6.09 Å². The van der Waals surface area contributed by atoms with Crippen LogP contribution in [0.2, 0.25) is 16.6 Å². The Morgan fingerprint density at radius 1 is 1.07 bits per heavy atom. The SMILES string of the molecule is Cc1ccc(Nc2ccc3c4c(n([Si](C(C)C)(C(C)C)C(C)C)c3n2)CCC(N(C)C(=O)OC(C)(C)C)C4)cn1. The summed E-state index contributed by atoms with van der Waals surface area (Å²) < 4.78 is 8.46. The predicted octanol–water partition coefficient (Wildman–Crippen LogP) is 8.23. The minimum atomic E-state index is -2.11. The fourth-order valence-corrected chi connectivity index (χ4v) is 14.0. The van der Waals surface area contributed by atoms with Crippen molar-refractivity contribution in [2.75, 3.05) is 12.4 Å². The number of hydrogen-bond acceptors (Lipinski definition) is 5. The maximum atomic E-state index is 13.0. The molecule has 1 unspecified atom stereocenters. The number of aromatic nitrogens is 3. The Labute approximate surface area is 241 Å². The quantitative estimate of drug-likeness (QED) is 0.293. The number of anilines is 2. The van der Waals surface area contributed by atoms with Crippen molar-refractivity contribution in [2.45, 2.75) is 117 Å². The second kappa shape index (κ2) is 11.2. The Morgan fingerprint density at radius 3 is 2.27 bits per heavy atom. The van der Waals surface area contributed by atoms with Gasteiger partial charge in [-0.1, -0.05) is 41.5 Å². The van der Waals surface area contributed by atoms with Crippen LogP contribution >= 0.6 is 0 Å². The van der Waals surface area contributed by atoms with Gasteiger partial charge < -0.3 is 19.2 Å². The molecule has 0 spiro atoms. The molecule has 0 saturated heterocycles. The molecule has 218 valence electrons. The van der Waals surface area contributed by atoms with Crippen molar-refractivity contribution in [1.82, 2.24) is 19.1 Å². The topological polar surface area (TPSA) is 72.3 Å². The Morgan fingerprint density at radius 2 is 1.73 bits per heavy atom. The molecule has 40 heavy (non-hydrogen) atoms. The van der Waals surface area contributed by atoms with E-state index >= 15 is 0 Å². The summed E-state index contributed by atoms with van der Waals surface area (Å²) in [5, 5.41) is 4.70.